The summed E-state index contributed by atoms with van der Waals surface area (Å²) < 4.78 is 2.02. The minimum absolute atomic E-state index is 0.00577. The molecule has 0 aliphatic heterocycles. The third-order valence-corrected chi connectivity index (χ3v) is 4.05. The van der Waals surface area contributed by atoms with Crippen molar-refractivity contribution in [1.29, 1.82) is 0 Å². The average Bonchev–Trinajstić information content (AvgIpc) is 3.17. The van der Waals surface area contributed by atoms with Crippen molar-refractivity contribution in [1.82, 2.24) is 9.88 Å². The number of aromatic nitrogens is 1. The number of hydrogen-bond acceptors (Lipinski definition) is 1. The molecule has 0 aliphatic rings. The standard InChI is InChI=1S/C21H22N2O/c24-21(22-15-5-4-10-18-8-2-1-3-9-18)19-11-13-20(14-12-19)23-16-6-7-17-23/h1-3,6-9,11-14,16-17H,4-5,10,15H2,(H,22,24). The highest BCUT2D eigenvalue weighted by Gasteiger charge is 2.05. The molecule has 0 saturated carbocycles. The number of unbranched alkanes of at least 4 members (excludes halogenated alkanes) is 1. The molecule has 122 valence electrons. The van der Waals surface area contributed by atoms with Crippen LogP contribution in [0.25, 0.3) is 5.69 Å². The lowest BCUT2D eigenvalue weighted by molar-refractivity contribution is 0.0953. The maximum atomic E-state index is 12.2. The zero-order valence-electron chi connectivity index (χ0n) is 13.7. The van der Waals surface area contributed by atoms with Crippen LogP contribution in [0.15, 0.2) is 79.1 Å². The third-order valence-electron chi connectivity index (χ3n) is 4.05. The molecule has 24 heavy (non-hydrogen) atoms. The van der Waals surface area contributed by atoms with E-state index in [2.05, 4.69) is 29.6 Å². The van der Waals surface area contributed by atoms with Crippen LogP contribution in [-0.2, 0) is 6.42 Å². The van der Waals surface area contributed by atoms with Gasteiger partial charge in [0.25, 0.3) is 5.91 Å². The minimum atomic E-state index is -0.00577. The van der Waals surface area contributed by atoms with Gasteiger partial charge in [0.15, 0.2) is 0 Å². The fourth-order valence-corrected chi connectivity index (χ4v) is 2.69. The normalized spacial score (nSPS) is 10.5. The summed E-state index contributed by atoms with van der Waals surface area (Å²) in [5.74, 6) is -0.00577. The molecule has 3 heteroatoms. The molecule has 1 N–H and O–H groups in total. The Bertz CT molecular complexity index is 746. The van der Waals surface area contributed by atoms with Crippen LogP contribution < -0.4 is 5.32 Å². The molecule has 0 fully saturated rings. The summed E-state index contributed by atoms with van der Waals surface area (Å²) in [6.45, 7) is 0.713. The first kappa shape index (κ1) is 16.1. The number of benzene rings is 2. The van der Waals surface area contributed by atoms with Crippen molar-refractivity contribution in [2.24, 2.45) is 0 Å². The Labute approximate surface area is 143 Å². The summed E-state index contributed by atoms with van der Waals surface area (Å²) in [5.41, 5.74) is 3.11. The Morgan fingerprint density at radius 2 is 1.54 bits per heavy atom. The van der Waals surface area contributed by atoms with E-state index in [4.69, 9.17) is 0 Å². The molecule has 0 radical (unpaired) electrons. The largest absolute Gasteiger partial charge is 0.352 e. The van der Waals surface area contributed by atoms with Gasteiger partial charge in [0.2, 0.25) is 0 Å². The predicted octanol–water partition coefficient (Wildman–Crippen LogP) is 4.23. The highest BCUT2D eigenvalue weighted by molar-refractivity contribution is 5.94. The Morgan fingerprint density at radius 1 is 0.833 bits per heavy atom. The van der Waals surface area contributed by atoms with Gasteiger partial charge < -0.3 is 9.88 Å². The summed E-state index contributed by atoms with van der Waals surface area (Å²) in [5, 5.41) is 2.99. The Hall–Kier alpha value is -2.81. The van der Waals surface area contributed by atoms with Crippen LogP contribution >= 0.6 is 0 Å². The lowest BCUT2D eigenvalue weighted by Crippen LogP contribution is -2.24. The molecule has 0 saturated heterocycles. The lowest BCUT2D eigenvalue weighted by Gasteiger charge is -2.07. The van der Waals surface area contributed by atoms with Crippen molar-refractivity contribution in [3.8, 4) is 5.69 Å². The van der Waals surface area contributed by atoms with E-state index in [9.17, 15) is 4.79 Å². The number of nitrogens with zero attached hydrogens (tertiary/aromatic N) is 1. The van der Waals surface area contributed by atoms with Crippen LogP contribution in [-0.4, -0.2) is 17.0 Å². The number of carbonyl (C=O) groups is 1. The van der Waals surface area contributed by atoms with E-state index in [1.807, 2.05) is 59.4 Å². The van der Waals surface area contributed by atoms with Gasteiger partial charge in [-0.05, 0) is 61.2 Å². The van der Waals surface area contributed by atoms with Gasteiger partial charge in [-0.3, -0.25) is 4.79 Å². The van der Waals surface area contributed by atoms with E-state index in [0.717, 1.165) is 24.9 Å². The average molecular weight is 318 g/mol. The number of hydrogen-bond donors (Lipinski definition) is 1. The molecule has 1 aromatic heterocycles. The molecule has 0 bridgehead atoms. The molecule has 3 aromatic rings. The molecule has 1 heterocycles. The molecular weight excluding hydrogens is 296 g/mol. The van der Waals surface area contributed by atoms with Gasteiger partial charge in [-0.2, -0.15) is 0 Å². The maximum Gasteiger partial charge on any atom is 0.251 e. The number of carbonyl (C=O) groups excluding carboxylic acids is 1. The van der Waals surface area contributed by atoms with Gasteiger partial charge in [-0.15, -0.1) is 0 Å². The highest BCUT2D eigenvalue weighted by Crippen LogP contribution is 2.10. The van der Waals surface area contributed by atoms with Crippen LogP contribution in [0.3, 0.4) is 0 Å². The van der Waals surface area contributed by atoms with Crippen LogP contribution in [0.2, 0.25) is 0 Å². The fourth-order valence-electron chi connectivity index (χ4n) is 2.69. The second-order valence-electron chi connectivity index (χ2n) is 5.84. The quantitative estimate of drug-likeness (QED) is 0.650. The van der Waals surface area contributed by atoms with E-state index in [1.165, 1.54) is 5.56 Å². The Morgan fingerprint density at radius 3 is 2.25 bits per heavy atom. The van der Waals surface area contributed by atoms with Crippen molar-refractivity contribution >= 4 is 5.91 Å². The molecule has 3 nitrogen and oxygen atoms in total. The highest BCUT2D eigenvalue weighted by atomic mass is 16.1. The molecule has 0 unspecified atom stereocenters. The number of nitrogens with one attached hydrogen (secondary N) is 1. The van der Waals surface area contributed by atoms with Gasteiger partial charge in [0.1, 0.15) is 0 Å². The predicted molar refractivity (Wildman–Crippen MR) is 97.5 cm³/mol. The van der Waals surface area contributed by atoms with E-state index in [1.54, 1.807) is 0 Å². The zero-order chi connectivity index (χ0) is 16.6. The van der Waals surface area contributed by atoms with Crippen LogP contribution in [0.1, 0.15) is 28.8 Å². The molecule has 0 aliphatic carbocycles. The zero-order valence-corrected chi connectivity index (χ0v) is 13.7. The Balaban J connectivity index is 1.42. The number of aryl methyl sites for hydroxylation is 1. The molecule has 0 atom stereocenters. The summed E-state index contributed by atoms with van der Waals surface area (Å²) in [6, 6.07) is 22.1. The smallest absolute Gasteiger partial charge is 0.251 e. The first-order valence-corrected chi connectivity index (χ1v) is 8.38. The van der Waals surface area contributed by atoms with Crippen molar-refractivity contribution in [2.45, 2.75) is 19.3 Å². The number of amides is 1. The second-order valence-corrected chi connectivity index (χ2v) is 5.84. The summed E-state index contributed by atoms with van der Waals surface area (Å²) >= 11 is 0. The van der Waals surface area contributed by atoms with Gasteiger partial charge in [0, 0.05) is 30.2 Å². The van der Waals surface area contributed by atoms with Gasteiger partial charge in [-0.1, -0.05) is 30.3 Å². The third kappa shape index (κ3) is 4.35. The topological polar surface area (TPSA) is 34.0 Å². The van der Waals surface area contributed by atoms with Crippen molar-refractivity contribution in [3.63, 3.8) is 0 Å². The van der Waals surface area contributed by atoms with Crippen molar-refractivity contribution < 1.29 is 4.79 Å². The fraction of sp³-hybridized carbons (Fsp3) is 0.190. The molecular formula is C21H22N2O. The lowest BCUT2D eigenvalue weighted by atomic mass is 10.1. The van der Waals surface area contributed by atoms with Crippen LogP contribution in [0, 0.1) is 0 Å². The SMILES string of the molecule is O=C(NCCCCc1ccccc1)c1ccc(-n2cccc2)cc1. The summed E-state index contributed by atoms with van der Waals surface area (Å²) in [4.78, 5) is 12.2. The molecule has 3 rings (SSSR count). The number of rotatable bonds is 7. The summed E-state index contributed by atoms with van der Waals surface area (Å²) in [7, 11) is 0. The van der Waals surface area contributed by atoms with E-state index < -0.39 is 0 Å². The van der Waals surface area contributed by atoms with Crippen molar-refractivity contribution in [2.75, 3.05) is 6.54 Å². The van der Waals surface area contributed by atoms with Crippen molar-refractivity contribution in [3.05, 3.63) is 90.3 Å². The van der Waals surface area contributed by atoms with Gasteiger partial charge >= 0.3 is 0 Å². The first-order chi connectivity index (χ1) is 11.8. The van der Waals surface area contributed by atoms with Crippen LogP contribution in [0.4, 0.5) is 0 Å². The monoisotopic (exact) mass is 318 g/mol. The molecule has 1 amide bonds. The van der Waals surface area contributed by atoms with Gasteiger partial charge in [0.05, 0.1) is 0 Å². The second kappa shape index (κ2) is 8.16. The first-order valence-electron chi connectivity index (χ1n) is 8.38. The maximum absolute atomic E-state index is 12.2. The molecule has 2 aromatic carbocycles. The molecule has 0 spiro atoms. The van der Waals surface area contributed by atoms with E-state index in [-0.39, 0.29) is 5.91 Å². The Kier molecular flexibility index (Phi) is 5.46. The van der Waals surface area contributed by atoms with E-state index >= 15 is 0 Å². The van der Waals surface area contributed by atoms with Gasteiger partial charge in [-0.25, -0.2) is 0 Å². The summed E-state index contributed by atoms with van der Waals surface area (Å²) in [6.07, 6.45) is 7.10. The van der Waals surface area contributed by atoms with Crippen LogP contribution in [0.5, 0.6) is 0 Å². The van der Waals surface area contributed by atoms with E-state index in [0.29, 0.717) is 12.1 Å². The minimum Gasteiger partial charge on any atom is -0.352 e.